The van der Waals surface area contributed by atoms with Crippen molar-refractivity contribution in [2.75, 3.05) is 6.61 Å². The van der Waals surface area contributed by atoms with E-state index < -0.39 is 16.1 Å². The summed E-state index contributed by atoms with van der Waals surface area (Å²) in [6.45, 7) is 6.43. The van der Waals surface area contributed by atoms with Crippen molar-refractivity contribution in [3.63, 3.8) is 0 Å². The second kappa shape index (κ2) is 9.16. The first-order valence-electron chi connectivity index (χ1n) is 8.38. The first-order chi connectivity index (χ1) is 12.3. The molecule has 142 valence electrons. The fourth-order valence-electron chi connectivity index (χ4n) is 2.30. The van der Waals surface area contributed by atoms with Gasteiger partial charge < -0.3 is 10.1 Å². The lowest BCUT2D eigenvalue weighted by Gasteiger charge is -2.21. The van der Waals surface area contributed by atoms with Crippen LogP contribution in [0.25, 0.3) is 0 Å². The van der Waals surface area contributed by atoms with Crippen LogP contribution in [0.15, 0.2) is 46.0 Å². The van der Waals surface area contributed by atoms with Crippen LogP contribution in [0.2, 0.25) is 0 Å². The average molecular weight is 397 g/mol. The molecule has 0 aliphatic heterocycles. The zero-order valence-electron chi connectivity index (χ0n) is 15.1. The third-order valence-electron chi connectivity index (χ3n) is 3.69. The molecule has 2 aromatic rings. The Balaban J connectivity index is 2.00. The van der Waals surface area contributed by atoms with Crippen LogP contribution < -0.4 is 14.8 Å². The highest BCUT2D eigenvalue weighted by Gasteiger charge is 2.28. The average Bonchev–Trinajstić information content (AvgIpc) is 3.14. The van der Waals surface area contributed by atoms with E-state index in [-0.39, 0.29) is 16.0 Å². The number of benzene rings is 1. The van der Waals surface area contributed by atoms with Crippen molar-refractivity contribution in [1.29, 1.82) is 0 Å². The molecule has 0 aliphatic carbocycles. The van der Waals surface area contributed by atoms with Gasteiger partial charge in [0.1, 0.15) is 16.0 Å². The molecular weight excluding hydrogens is 372 g/mol. The molecule has 8 heteroatoms. The number of ether oxygens (including phenoxy) is 1. The summed E-state index contributed by atoms with van der Waals surface area (Å²) >= 11 is 1.12. The Morgan fingerprint density at radius 3 is 2.42 bits per heavy atom. The number of hydrogen-bond donors (Lipinski definition) is 2. The molecular formula is C18H24N2O4S2. The third-order valence-corrected chi connectivity index (χ3v) is 6.53. The van der Waals surface area contributed by atoms with Crippen molar-refractivity contribution in [3.05, 3.63) is 47.3 Å². The Morgan fingerprint density at radius 2 is 1.88 bits per heavy atom. The summed E-state index contributed by atoms with van der Waals surface area (Å²) in [6, 6.07) is 9.74. The molecule has 1 aromatic carbocycles. The zero-order valence-corrected chi connectivity index (χ0v) is 16.7. The van der Waals surface area contributed by atoms with Crippen molar-refractivity contribution >= 4 is 27.3 Å². The second-order valence-corrected chi connectivity index (χ2v) is 8.96. The lowest BCUT2D eigenvalue weighted by Crippen LogP contribution is -2.49. The molecule has 26 heavy (non-hydrogen) atoms. The van der Waals surface area contributed by atoms with Gasteiger partial charge in [-0.25, -0.2) is 8.42 Å². The summed E-state index contributed by atoms with van der Waals surface area (Å²) in [5.41, 5.74) is 0.908. The molecule has 0 saturated heterocycles. The molecule has 1 atom stereocenters. The first-order valence-corrected chi connectivity index (χ1v) is 10.7. The number of thiophene rings is 1. The summed E-state index contributed by atoms with van der Waals surface area (Å²) in [5, 5.41) is 4.48. The Kier molecular flexibility index (Phi) is 7.19. The summed E-state index contributed by atoms with van der Waals surface area (Å²) in [6.07, 6.45) is 0. The molecule has 1 amide bonds. The summed E-state index contributed by atoms with van der Waals surface area (Å²) < 4.78 is 32.9. The van der Waals surface area contributed by atoms with E-state index in [2.05, 4.69) is 10.0 Å². The van der Waals surface area contributed by atoms with Crippen molar-refractivity contribution in [3.8, 4) is 5.75 Å². The van der Waals surface area contributed by atoms with Gasteiger partial charge in [-0.2, -0.15) is 4.72 Å². The molecule has 0 aliphatic rings. The monoisotopic (exact) mass is 396 g/mol. The van der Waals surface area contributed by atoms with Gasteiger partial charge in [-0.3, -0.25) is 4.79 Å². The number of carbonyl (C=O) groups excluding carboxylic acids is 1. The maximum absolute atomic E-state index is 12.5. The molecule has 0 radical (unpaired) electrons. The van der Waals surface area contributed by atoms with Crippen molar-refractivity contribution < 1.29 is 17.9 Å². The van der Waals surface area contributed by atoms with Crippen LogP contribution in [0.3, 0.4) is 0 Å². The van der Waals surface area contributed by atoms with Crippen molar-refractivity contribution in [1.82, 2.24) is 10.0 Å². The van der Waals surface area contributed by atoms with Crippen LogP contribution in [0, 0.1) is 5.92 Å². The minimum atomic E-state index is -3.71. The number of nitrogens with one attached hydrogen (secondary N) is 2. The van der Waals surface area contributed by atoms with Gasteiger partial charge in [0.15, 0.2) is 0 Å². The highest BCUT2D eigenvalue weighted by molar-refractivity contribution is 7.91. The maximum atomic E-state index is 12.5. The van der Waals surface area contributed by atoms with Gasteiger partial charge >= 0.3 is 0 Å². The van der Waals surface area contributed by atoms with E-state index >= 15 is 0 Å². The molecule has 1 unspecified atom stereocenters. The van der Waals surface area contributed by atoms with Gasteiger partial charge in [0.2, 0.25) is 5.91 Å². The van der Waals surface area contributed by atoms with E-state index in [1.54, 1.807) is 25.3 Å². The standard InChI is InChI=1S/C18H24N2O4S2/c1-4-24-15-9-7-14(8-10-15)12-19-18(21)17(13(2)3)20-26(22,23)16-6-5-11-25-16/h5-11,13,17,20H,4,12H2,1-3H3,(H,19,21). The van der Waals surface area contributed by atoms with E-state index in [9.17, 15) is 13.2 Å². The Bertz CT molecular complexity index is 800. The molecule has 0 spiro atoms. The van der Waals surface area contributed by atoms with Gasteiger partial charge in [-0.15, -0.1) is 11.3 Å². The van der Waals surface area contributed by atoms with Gasteiger partial charge in [0, 0.05) is 6.54 Å². The highest BCUT2D eigenvalue weighted by atomic mass is 32.2. The van der Waals surface area contributed by atoms with E-state index in [1.807, 2.05) is 31.2 Å². The van der Waals surface area contributed by atoms with Gasteiger partial charge in [0.25, 0.3) is 10.0 Å². The molecule has 6 nitrogen and oxygen atoms in total. The molecule has 1 aromatic heterocycles. The summed E-state index contributed by atoms with van der Waals surface area (Å²) in [5.74, 6) is 0.227. The smallest absolute Gasteiger partial charge is 0.250 e. The van der Waals surface area contributed by atoms with Gasteiger partial charge in [-0.05, 0) is 42.0 Å². The fraction of sp³-hybridized carbons (Fsp3) is 0.389. The van der Waals surface area contributed by atoms with Crippen LogP contribution in [-0.2, 0) is 21.4 Å². The zero-order chi connectivity index (χ0) is 19.2. The predicted molar refractivity (Wildman–Crippen MR) is 103 cm³/mol. The van der Waals surface area contributed by atoms with Crippen LogP contribution >= 0.6 is 11.3 Å². The molecule has 0 fully saturated rings. The van der Waals surface area contributed by atoms with Gasteiger partial charge in [-0.1, -0.05) is 32.0 Å². The fourth-order valence-corrected chi connectivity index (χ4v) is 4.66. The second-order valence-electron chi connectivity index (χ2n) is 6.07. The van der Waals surface area contributed by atoms with E-state index in [0.29, 0.717) is 13.2 Å². The van der Waals surface area contributed by atoms with Crippen LogP contribution in [-0.4, -0.2) is 27.0 Å². The Labute approximate surface area is 158 Å². The number of sulfonamides is 1. The Hall–Kier alpha value is -1.90. The van der Waals surface area contributed by atoms with Crippen molar-refractivity contribution in [2.45, 2.75) is 37.6 Å². The third kappa shape index (κ3) is 5.55. The molecule has 1 heterocycles. The van der Waals surface area contributed by atoms with Crippen LogP contribution in [0.1, 0.15) is 26.3 Å². The lowest BCUT2D eigenvalue weighted by molar-refractivity contribution is -0.123. The van der Waals surface area contributed by atoms with Gasteiger partial charge in [0.05, 0.1) is 6.61 Å². The maximum Gasteiger partial charge on any atom is 0.250 e. The molecule has 0 saturated carbocycles. The minimum Gasteiger partial charge on any atom is -0.494 e. The normalized spacial score (nSPS) is 12.8. The van der Waals surface area contributed by atoms with E-state index in [0.717, 1.165) is 22.6 Å². The number of amides is 1. The van der Waals surface area contributed by atoms with Crippen LogP contribution in [0.4, 0.5) is 0 Å². The largest absolute Gasteiger partial charge is 0.494 e. The topological polar surface area (TPSA) is 84.5 Å². The molecule has 2 rings (SSSR count). The van der Waals surface area contributed by atoms with E-state index in [4.69, 9.17) is 4.74 Å². The Morgan fingerprint density at radius 1 is 1.19 bits per heavy atom. The molecule has 2 N–H and O–H groups in total. The number of rotatable bonds is 9. The quantitative estimate of drug-likeness (QED) is 0.683. The van der Waals surface area contributed by atoms with Crippen molar-refractivity contribution in [2.24, 2.45) is 5.92 Å². The summed E-state index contributed by atoms with van der Waals surface area (Å²) in [7, 11) is -3.71. The summed E-state index contributed by atoms with van der Waals surface area (Å²) in [4.78, 5) is 12.5. The highest BCUT2D eigenvalue weighted by Crippen LogP contribution is 2.17. The lowest BCUT2D eigenvalue weighted by atomic mass is 10.0. The number of carbonyl (C=O) groups is 1. The number of hydrogen-bond acceptors (Lipinski definition) is 5. The van der Waals surface area contributed by atoms with Crippen LogP contribution in [0.5, 0.6) is 5.75 Å². The van der Waals surface area contributed by atoms with E-state index in [1.165, 1.54) is 6.07 Å². The minimum absolute atomic E-state index is 0.190. The first kappa shape index (κ1) is 20.4. The predicted octanol–water partition coefficient (Wildman–Crippen LogP) is 2.77. The SMILES string of the molecule is CCOc1ccc(CNC(=O)C(NS(=O)(=O)c2cccs2)C(C)C)cc1. The molecule has 0 bridgehead atoms.